The van der Waals surface area contributed by atoms with E-state index in [0.29, 0.717) is 29.6 Å². The quantitative estimate of drug-likeness (QED) is 0.720. The standard InChI is InChI=1S/C14H25NO/c1-4-5-8-15-9-11(3)12-7-6-10(2)13(12)14(15)16/h10-13H,4-9H2,1-3H3. The van der Waals surface area contributed by atoms with Gasteiger partial charge in [0, 0.05) is 19.0 Å². The fraction of sp³-hybridized carbons (Fsp3) is 0.929. The van der Waals surface area contributed by atoms with Crippen molar-refractivity contribution in [3.8, 4) is 0 Å². The fourth-order valence-corrected chi connectivity index (χ4v) is 3.64. The van der Waals surface area contributed by atoms with Gasteiger partial charge in [-0.25, -0.2) is 0 Å². The number of nitrogens with zero attached hydrogens (tertiary/aromatic N) is 1. The molecule has 2 nitrogen and oxygen atoms in total. The number of unbranched alkanes of at least 4 members (excludes halogenated alkanes) is 1. The molecule has 0 aromatic heterocycles. The van der Waals surface area contributed by atoms with Gasteiger partial charge in [0.15, 0.2) is 0 Å². The third-order valence-corrected chi connectivity index (χ3v) is 4.65. The highest BCUT2D eigenvalue weighted by Crippen LogP contribution is 2.45. The number of hydrogen-bond acceptors (Lipinski definition) is 1. The second-order valence-corrected chi connectivity index (χ2v) is 5.86. The lowest BCUT2D eigenvalue weighted by Crippen LogP contribution is -2.49. The number of piperidine rings is 1. The molecule has 2 rings (SSSR count). The summed E-state index contributed by atoms with van der Waals surface area (Å²) >= 11 is 0. The number of likely N-dealkylation sites (tertiary alicyclic amines) is 1. The average Bonchev–Trinajstić information content (AvgIpc) is 2.64. The van der Waals surface area contributed by atoms with Crippen LogP contribution in [0.15, 0.2) is 0 Å². The maximum atomic E-state index is 12.4. The fourth-order valence-electron chi connectivity index (χ4n) is 3.64. The van der Waals surface area contributed by atoms with Crippen molar-refractivity contribution in [3.63, 3.8) is 0 Å². The Hall–Kier alpha value is -0.530. The van der Waals surface area contributed by atoms with Gasteiger partial charge in [-0.15, -0.1) is 0 Å². The van der Waals surface area contributed by atoms with Gasteiger partial charge in [0.1, 0.15) is 0 Å². The highest BCUT2D eigenvalue weighted by Gasteiger charge is 2.46. The minimum absolute atomic E-state index is 0.348. The molecule has 0 bridgehead atoms. The van der Waals surface area contributed by atoms with Crippen LogP contribution in [0.3, 0.4) is 0 Å². The van der Waals surface area contributed by atoms with Crippen molar-refractivity contribution in [1.82, 2.24) is 4.90 Å². The maximum absolute atomic E-state index is 12.4. The maximum Gasteiger partial charge on any atom is 0.226 e. The third kappa shape index (κ3) is 1.99. The molecule has 1 aliphatic heterocycles. The molecular formula is C14H25NO. The van der Waals surface area contributed by atoms with Crippen molar-refractivity contribution in [2.75, 3.05) is 13.1 Å². The SMILES string of the molecule is CCCCN1CC(C)C2CCC(C)C2C1=O. The molecule has 2 heteroatoms. The van der Waals surface area contributed by atoms with Crippen LogP contribution in [0.2, 0.25) is 0 Å². The first-order chi connectivity index (χ1) is 7.65. The summed E-state index contributed by atoms with van der Waals surface area (Å²) in [5.41, 5.74) is 0. The first-order valence-electron chi connectivity index (χ1n) is 6.94. The number of hydrogen-bond donors (Lipinski definition) is 0. The predicted octanol–water partition coefficient (Wildman–Crippen LogP) is 2.93. The van der Waals surface area contributed by atoms with E-state index in [2.05, 4.69) is 25.7 Å². The molecule has 1 saturated heterocycles. The van der Waals surface area contributed by atoms with E-state index in [0.717, 1.165) is 19.5 Å². The second kappa shape index (κ2) is 4.77. The first-order valence-corrected chi connectivity index (χ1v) is 6.94. The van der Waals surface area contributed by atoms with Crippen LogP contribution < -0.4 is 0 Å². The van der Waals surface area contributed by atoms with Crippen LogP contribution in [0, 0.1) is 23.7 Å². The first kappa shape index (κ1) is 11.9. The highest BCUT2D eigenvalue weighted by atomic mass is 16.2. The van der Waals surface area contributed by atoms with E-state index in [-0.39, 0.29) is 0 Å². The molecule has 0 aromatic rings. The summed E-state index contributed by atoms with van der Waals surface area (Å²) in [5.74, 6) is 2.82. The molecule has 16 heavy (non-hydrogen) atoms. The van der Waals surface area contributed by atoms with E-state index in [1.165, 1.54) is 19.3 Å². The summed E-state index contributed by atoms with van der Waals surface area (Å²) in [6.45, 7) is 8.78. The Labute approximate surface area is 99.4 Å². The van der Waals surface area contributed by atoms with Gasteiger partial charge in [-0.2, -0.15) is 0 Å². The molecule has 92 valence electrons. The lowest BCUT2D eigenvalue weighted by Gasteiger charge is -2.40. The minimum atomic E-state index is 0.348. The molecule has 4 atom stereocenters. The van der Waals surface area contributed by atoms with Crippen molar-refractivity contribution in [1.29, 1.82) is 0 Å². The van der Waals surface area contributed by atoms with Crippen LogP contribution in [0.4, 0.5) is 0 Å². The van der Waals surface area contributed by atoms with E-state index in [4.69, 9.17) is 0 Å². The van der Waals surface area contributed by atoms with Crippen LogP contribution in [-0.4, -0.2) is 23.9 Å². The van der Waals surface area contributed by atoms with Gasteiger partial charge < -0.3 is 4.90 Å². The van der Waals surface area contributed by atoms with Crippen molar-refractivity contribution in [2.24, 2.45) is 23.7 Å². The Bertz CT molecular complexity index is 263. The molecule has 1 saturated carbocycles. The van der Waals surface area contributed by atoms with Gasteiger partial charge in [-0.1, -0.05) is 27.2 Å². The predicted molar refractivity (Wildman–Crippen MR) is 66.0 cm³/mol. The minimum Gasteiger partial charge on any atom is -0.342 e. The molecule has 1 heterocycles. The van der Waals surface area contributed by atoms with E-state index in [1.54, 1.807) is 0 Å². The average molecular weight is 223 g/mol. The van der Waals surface area contributed by atoms with Crippen LogP contribution in [0.5, 0.6) is 0 Å². The molecule has 1 aliphatic carbocycles. The monoisotopic (exact) mass is 223 g/mol. The summed E-state index contributed by atoms with van der Waals surface area (Å²) < 4.78 is 0. The summed E-state index contributed by atoms with van der Waals surface area (Å²) in [4.78, 5) is 14.5. The van der Waals surface area contributed by atoms with Gasteiger partial charge in [0.25, 0.3) is 0 Å². The molecule has 2 fully saturated rings. The Morgan fingerprint density at radius 2 is 2.00 bits per heavy atom. The van der Waals surface area contributed by atoms with Crippen molar-refractivity contribution >= 4 is 5.91 Å². The van der Waals surface area contributed by atoms with Crippen LogP contribution >= 0.6 is 0 Å². The molecule has 0 radical (unpaired) electrons. The smallest absolute Gasteiger partial charge is 0.226 e. The number of amides is 1. The Morgan fingerprint density at radius 1 is 1.25 bits per heavy atom. The molecule has 2 aliphatic rings. The van der Waals surface area contributed by atoms with Gasteiger partial charge in [0.2, 0.25) is 5.91 Å². The van der Waals surface area contributed by atoms with Gasteiger partial charge in [-0.3, -0.25) is 4.79 Å². The van der Waals surface area contributed by atoms with Crippen LogP contribution in [0.1, 0.15) is 46.5 Å². The Balaban J connectivity index is 2.06. The van der Waals surface area contributed by atoms with Gasteiger partial charge in [-0.05, 0) is 37.0 Å². The summed E-state index contributed by atoms with van der Waals surface area (Å²) in [5, 5.41) is 0. The normalized spacial score (nSPS) is 38.9. The van der Waals surface area contributed by atoms with Gasteiger partial charge in [0.05, 0.1) is 0 Å². The molecule has 1 amide bonds. The largest absolute Gasteiger partial charge is 0.342 e. The zero-order valence-electron chi connectivity index (χ0n) is 10.9. The van der Waals surface area contributed by atoms with Crippen LogP contribution in [-0.2, 0) is 4.79 Å². The topological polar surface area (TPSA) is 20.3 Å². The Kier molecular flexibility index (Phi) is 3.56. The van der Waals surface area contributed by atoms with E-state index in [9.17, 15) is 4.79 Å². The van der Waals surface area contributed by atoms with Crippen molar-refractivity contribution in [2.45, 2.75) is 46.5 Å². The van der Waals surface area contributed by atoms with Gasteiger partial charge >= 0.3 is 0 Å². The van der Waals surface area contributed by atoms with E-state index >= 15 is 0 Å². The van der Waals surface area contributed by atoms with Crippen molar-refractivity contribution in [3.05, 3.63) is 0 Å². The van der Waals surface area contributed by atoms with E-state index < -0.39 is 0 Å². The molecule has 4 unspecified atom stereocenters. The summed E-state index contributed by atoms with van der Waals surface area (Å²) in [6.07, 6.45) is 4.87. The summed E-state index contributed by atoms with van der Waals surface area (Å²) in [6, 6.07) is 0. The zero-order valence-corrected chi connectivity index (χ0v) is 10.9. The molecule has 0 spiro atoms. The summed E-state index contributed by atoms with van der Waals surface area (Å²) in [7, 11) is 0. The lowest BCUT2D eigenvalue weighted by atomic mass is 9.78. The number of rotatable bonds is 3. The second-order valence-electron chi connectivity index (χ2n) is 5.86. The number of carbonyl (C=O) groups is 1. The molecule has 0 N–H and O–H groups in total. The zero-order chi connectivity index (χ0) is 11.7. The number of fused-ring (bicyclic) bond motifs is 1. The number of carbonyl (C=O) groups excluding carboxylic acids is 1. The lowest BCUT2D eigenvalue weighted by molar-refractivity contribution is -0.144. The molecular weight excluding hydrogens is 198 g/mol. The van der Waals surface area contributed by atoms with E-state index in [1.807, 2.05) is 0 Å². The highest BCUT2D eigenvalue weighted by molar-refractivity contribution is 5.80. The third-order valence-electron chi connectivity index (χ3n) is 4.65. The van der Waals surface area contributed by atoms with Crippen LogP contribution in [0.25, 0.3) is 0 Å². The molecule has 0 aromatic carbocycles. The van der Waals surface area contributed by atoms with Crippen molar-refractivity contribution < 1.29 is 4.79 Å². The Morgan fingerprint density at radius 3 is 2.69 bits per heavy atom.